The minimum atomic E-state index is 0.162. The summed E-state index contributed by atoms with van der Waals surface area (Å²) in [5, 5.41) is 0. The summed E-state index contributed by atoms with van der Waals surface area (Å²) >= 11 is 0. The summed E-state index contributed by atoms with van der Waals surface area (Å²) in [6, 6.07) is 9.59. The fraction of sp³-hybridized carbons (Fsp3) is 0.625. The zero-order valence-electron chi connectivity index (χ0n) is 11.9. The SMILES string of the molecule is CC[C@H](N)c1ccccc1N(CC(C)C)C1CC1. The zero-order chi connectivity index (χ0) is 13.1. The van der Waals surface area contributed by atoms with Crippen molar-refractivity contribution in [3.8, 4) is 0 Å². The zero-order valence-corrected chi connectivity index (χ0v) is 11.9. The molecule has 0 spiro atoms. The lowest BCUT2D eigenvalue weighted by Gasteiger charge is -2.30. The maximum Gasteiger partial charge on any atom is 0.0417 e. The lowest BCUT2D eigenvalue weighted by molar-refractivity contribution is 0.600. The van der Waals surface area contributed by atoms with Crippen molar-refractivity contribution in [1.29, 1.82) is 0 Å². The maximum absolute atomic E-state index is 6.26. The van der Waals surface area contributed by atoms with Crippen molar-refractivity contribution in [2.45, 2.75) is 52.1 Å². The van der Waals surface area contributed by atoms with E-state index in [1.165, 1.54) is 24.1 Å². The highest BCUT2D eigenvalue weighted by atomic mass is 15.2. The number of nitrogens with two attached hydrogens (primary N) is 1. The van der Waals surface area contributed by atoms with Gasteiger partial charge in [0, 0.05) is 24.3 Å². The number of hydrogen-bond acceptors (Lipinski definition) is 2. The summed E-state index contributed by atoms with van der Waals surface area (Å²) in [7, 11) is 0. The van der Waals surface area contributed by atoms with Crippen LogP contribution in [0.15, 0.2) is 24.3 Å². The number of para-hydroxylation sites is 1. The van der Waals surface area contributed by atoms with Gasteiger partial charge in [-0.15, -0.1) is 0 Å². The first-order valence-electron chi connectivity index (χ1n) is 7.24. The van der Waals surface area contributed by atoms with Gasteiger partial charge < -0.3 is 10.6 Å². The number of nitrogens with zero attached hydrogens (tertiary/aromatic N) is 1. The van der Waals surface area contributed by atoms with Crippen molar-refractivity contribution in [2.75, 3.05) is 11.4 Å². The van der Waals surface area contributed by atoms with Gasteiger partial charge in [0.1, 0.15) is 0 Å². The van der Waals surface area contributed by atoms with Gasteiger partial charge in [-0.2, -0.15) is 0 Å². The van der Waals surface area contributed by atoms with Gasteiger partial charge in [-0.05, 0) is 36.8 Å². The molecular weight excluding hydrogens is 220 g/mol. The number of rotatable bonds is 6. The normalized spacial score (nSPS) is 16.9. The minimum Gasteiger partial charge on any atom is -0.368 e. The summed E-state index contributed by atoms with van der Waals surface area (Å²) in [5.74, 6) is 0.691. The topological polar surface area (TPSA) is 29.3 Å². The van der Waals surface area contributed by atoms with E-state index in [4.69, 9.17) is 5.73 Å². The first kappa shape index (κ1) is 13.4. The first-order chi connectivity index (χ1) is 8.63. The highest BCUT2D eigenvalue weighted by Gasteiger charge is 2.31. The number of anilines is 1. The molecule has 1 atom stereocenters. The third-order valence-corrected chi connectivity index (χ3v) is 3.63. The molecule has 0 aromatic heterocycles. The molecule has 18 heavy (non-hydrogen) atoms. The molecule has 1 aliphatic carbocycles. The lowest BCUT2D eigenvalue weighted by Crippen LogP contribution is -2.31. The molecule has 0 amide bonds. The van der Waals surface area contributed by atoms with Crippen LogP contribution in [0.25, 0.3) is 0 Å². The van der Waals surface area contributed by atoms with Crippen LogP contribution in [0.2, 0.25) is 0 Å². The molecule has 0 unspecified atom stereocenters. The Morgan fingerprint density at radius 1 is 1.28 bits per heavy atom. The Labute approximate surface area is 111 Å². The van der Waals surface area contributed by atoms with Crippen LogP contribution in [0.1, 0.15) is 51.6 Å². The van der Waals surface area contributed by atoms with E-state index in [0.717, 1.165) is 19.0 Å². The summed E-state index contributed by atoms with van der Waals surface area (Å²) in [6.45, 7) is 7.87. The van der Waals surface area contributed by atoms with Gasteiger partial charge >= 0.3 is 0 Å². The van der Waals surface area contributed by atoms with E-state index in [2.05, 4.69) is 49.9 Å². The fourth-order valence-corrected chi connectivity index (χ4v) is 2.51. The maximum atomic E-state index is 6.26. The highest BCUT2D eigenvalue weighted by molar-refractivity contribution is 5.56. The van der Waals surface area contributed by atoms with Gasteiger partial charge in [0.05, 0.1) is 0 Å². The smallest absolute Gasteiger partial charge is 0.0417 e. The van der Waals surface area contributed by atoms with Gasteiger partial charge in [0.15, 0.2) is 0 Å². The second-order valence-corrected chi connectivity index (χ2v) is 5.85. The lowest BCUT2D eigenvalue weighted by atomic mass is 10.0. The van der Waals surface area contributed by atoms with Crippen molar-refractivity contribution in [1.82, 2.24) is 0 Å². The molecule has 2 N–H and O–H groups in total. The quantitative estimate of drug-likeness (QED) is 0.829. The predicted octanol–water partition coefficient (Wildman–Crippen LogP) is 3.72. The number of benzene rings is 1. The second-order valence-electron chi connectivity index (χ2n) is 5.85. The van der Waals surface area contributed by atoms with E-state index >= 15 is 0 Å². The van der Waals surface area contributed by atoms with Gasteiger partial charge in [-0.3, -0.25) is 0 Å². The third kappa shape index (κ3) is 3.05. The molecule has 1 aromatic rings. The van der Waals surface area contributed by atoms with Crippen molar-refractivity contribution >= 4 is 5.69 Å². The van der Waals surface area contributed by atoms with Gasteiger partial charge in [-0.1, -0.05) is 39.0 Å². The van der Waals surface area contributed by atoms with E-state index < -0.39 is 0 Å². The molecule has 0 heterocycles. The van der Waals surface area contributed by atoms with Crippen LogP contribution in [0.3, 0.4) is 0 Å². The Balaban J connectivity index is 2.28. The molecule has 2 heteroatoms. The van der Waals surface area contributed by atoms with Crippen molar-refractivity contribution in [3.63, 3.8) is 0 Å². The molecule has 1 saturated carbocycles. The Morgan fingerprint density at radius 3 is 2.50 bits per heavy atom. The van der Waals surface area contributed by atoms with Crippen LogP contribution in [0.5, 0.6) is 0 Å². The molecule has 0 radical (unpaired) electrons. The van der Waals surface area contributed by atoms with Gasteiger partial charge in [-0.25, -0.2) is 0 Å². The molecule has 100 valence electrons. The third-order valence-electron chi connectivity index (χ3n) is 3.63. The molecular formula is C16H26N2. The van der Waals surface area contributed by atoms with Crippen LogP contribution >= 0.6 is 0 Å². The monoisotopic (exact) mass is 246 g/mol. The van der Waals surface area contributed by atoms with Crippen molar-refractivity contribution in [2.24, 2.45) is 11.7 Å². The molecule has 1 aromatic carbocycles. The number of hydrogen-bond donors (Lipinski definition) is 1. The summed E-state index contributed by atoms with van der Waals surface area (Å²) in [4.78, 5) is 2.58. The summed E-state index contributed by atoms with van der Waals surface area (Å²) < 4.78 is 0. The predicted molar refractivity (Wildman–Crippen MR) is 78.9 cm³/mol. The molecule has 1 fully saturated rings. The van der Waals surface area contributed by atoms with E-state index in [1.54, 1.807) is 0 Å². The summed E-state index contributed by atoms with van der Waals surface area (Å²) in [5.41, 5.74) is 8.93. The molecule has 2 rings (SSSR count). The van der Waals surface area contributed by atoms with Crippen LogP contribution in [0, 0.1) is 5.92 Å². The molecule has 0 saturated heterocycles. The van der Waals surface area contributed by atoms with Crippen LogP contribution < -0.4 is 10.6 Å². The van der Waals surface area contributed by atoms with Crippen molar-refractivity contribution in [3.05, 3.63) is 29.8 Å². The molecule has 2 nitrogen and oxygen atoms in total. The van der Waals surface area contributed by atoms with E-state index in [9.17, 15) is 0 Å². The molecule has 0 bridgehead atoms. The average Bonchev–Trinajstić information content (AvgIpc) is 3.19. The standard InChI is InChI=1S/C16H26N2/c1-4-15(17)14-7-5-6-8-16(14)18(11-12(2)3)13-9-10-13/h5-8,12-13,15H,4,9-11,17H2,1-3H3/t15-/m0/s1. The van der Waals surface area contributed by atoms with Gasteiger partial charge in [0.2, 0.25) is 0 Å². The molecule has 1 aliphatic rings. The molecule has 0 aliphatic heterocycles. The Hall–Kier alpha value is -1.02. The average molecular weight is 246 g/mol. The fourth-order valence-electron chi connectivity index (χ4n) is 2.51. The van der Waals surface area contributed by atoms with E-state index in [1.807, 2.05) is 0 Å². The highest BCUT2D eigenvalue weighted by Crippen LogP contribution is 2.36. The second kappa shape index (κ2) is 5.75. The van der Waals surface area contributed by atoms with Crippen molar-refractivity contribution < 1.29 is 0 Å². The van der Waals surface area contributed by atoms with Crippen LogP contribution in [-0.4, -0.2) is 12.6 Å². The Bertz CT molecular complexity index is 382. The van der Waals surface area contributed by atoms with Crippen LogP contribution in [-0.2, 0) is 0 Å². The van der Waals surface area contributed by atoms with E-state index in [-0.39, 0.29) is 6.04 Å². The minimum absolute atomic E-state index is 0.162. The summed E-state index contributed by atoms with van der Waals surface area (Å²) in [6.07, 6.45) is 3.67. The first-order valence-corrected chi connectivity index (χ1v) is 7.24. The Morgan fingerprint density at radius 2 is 1.94 bits per heavy atom. The van der Waals surface area contributed by atoms with Crippen LogP contribution in [0.4, 0.5) is 5.69 Å². The Kier molecular flexibility index (Phi) is 4.28. The van der Waals surface area contributed by atoms with Gasteiger partial charge in [0.25, 0.3) is 0 Å². The van der Waals surface area contributed by atoms with E-state index in [0.29, 0.717) is 5.92 Å². The largest absolute Gasteiger partial charge is 0.368 e.